The zero-order valence-electron chi connectivity index (χ0n) is 13.3. The van der Waals surface area contributed by atoms with Crippen molar-refractivity contribution < 1.29 is 14.7 Å². The molecule has 0 aromatic heterocycles. The van der Waals surface area contributed by atoms with E-state index < -0.39 is 11.9 Å². The van der Waals surface area contributed by atoms with E-state index in [1.807, 2.05) is 0 Å². The lowest BCUT2D eigenvalue weighted by Gasteiger charge is -2.29. The number of rotatable bonds is 5. The van der Waals surface area contributed by atoms with Crippen molar-refractivity contribution in [1.29, 1.82) is 0 Å². The summed E-state index contributed by atoms with van der Waals surface area (Å²) in [5.41, 5.74) is 0. The Kier molecular flexibility index (Phi) is 5.65. The van der Waals surface area contributed by atoms with Gasteiger partial charge in [0.1, 0.15) is 0 Å². The first kappa shape index (κ1) is 16.3. The van der Waals surface area contributed by atoms with Crippen LogP contribution in [0.5, 0.6) is 0 Å². The maximum atomic E-state index is 12.5. The lowest BCUT2D eigenvalue weighted by molar-refractivity contribution is -0.146. The zero-order valence-corrected chi connectivity index (χ0v) is 13.3. The number of carboxylic acid groups (broad SMARTS) is 1. The molecule has 4 nitrogen and oxygen atoms in total. The second-order valence-electron chi connectivity index (χ2n) is 6.99. The van der Waals surface area contributed by atoms with Gasteiger partial charge in [0.2, 0.25) is 5.91 Å². The molecule has 120 valence electrons. The van der Waals surface area contributed by atoms with E-state index in [1.54, 1.807) is 0 Å². The Morgan fingerprint density at radius 3 is 2.33 bits per heavy atom. The third-order valence-electron chi connectivity index (χ3n) is 5.62. The third kappa shape index (κ3) is 3.98. The fourth-order valence-corrected chi connectivity index (χ4v) is 4.12. The molecule has 0 aromatic carbocycles. The highest BCUT2D eigenvalue weighted by Gasteiger charge is 2.42. The lowest BCUT2D eigenvalue weighted by Crippen LogP contribution is -2.43. The summed E-state index contributed by atoms with van der Waals surface area (Å²) >= 11 is 0. The summed E-state index contributed by atoms with van der Waals surface area (Å²) in [5.74, 6) is -0.721. The van der Waals surface area contributed by atoms with Crippen LogP contribution in [0.2, 0.25) is 0 Å². The van der Waals surface area contributed by atoms with Crippen LogP contribution >= 0.6 is 0 Å². The van der Waals surface area contributed by atoms with Gasteiger partial charge in [-0.25, -0.2) is 0 Å². The fourth-order valence-electron chi connectivity index (χ4n) is 4.12. The van der Waals surface area contributed by atoms with Crippen LogP contribution in [0, 0.1) is 23.7 Å². The van der Waals surface area contributed by atoms with E-state index in [0.717, 1.165) is 12.8 Å². The van der Waals surface area contributed by atoms with E-state index in [4.69, 9.17) is 0 Å². The topological polar surface area (TPSA) is 66.4 Å². The summed E-state index contributed by atoms with van der Waals surface area (Å²) in [6, 6.07) is 0.174. The molecule has 2 aliphatic carbocycles. The number of nitrogens with one attached hydrogen (secondary N) is 1. The molecule has 0 aliphatic heterocycles. The van der Waals surface area contributed by atoms with Crippen molar-refractivity contribution in [2.24, 2.45) is 23.7 Å². The SMILES string of the molecule is CCC1C[C@H](C(=O)N[C@@H](C)C2CCCCC2)[C@H](C(=O)O)C1. The van der Waals surface area contributed by atoms with Crippen molar-refractivity contribution >= 4 is 11.9 Å². The molecule has 0 bridgehead atoms. The number of hydrogen-bond acceptors (Lipinski definition) is 2. The maximum absolute atomic E-state index is 12.5. The molecule has 4 heteroatoms. The van der Waals surface area contributed by atoms with E-state index >= 15 is 0 Å². The average Bonchev–Trinajstić information content (AvgIpc) is 2.92. The van der Waals surface area contributed by atoms with E-state index in [-0.39, 0.29) is 17.9 Å². The summed E-state index contributed by atoms with van der Waals surface area (Å²) in [6.45, 7) is 4.16. The van der Waals surface area contributed by atoms with Crippen LogP contribution in [0.1, 0.15) is 65.2 Å². The molecule has 0 radical (unpaired) electrons. The molecule has 1 amide bonds. The first-order valence-electron chi connectivity index (χ1n) is 8.56. The van der Waals surface area contributed by atoms with Gasteiger partial charge in [-0.15, -0.1) is 0 Å². The van der Waals surface area contributed by atoms with Crippen LogP contribution in [0.3, 0.4) is 0 Å². The first-order chi connectivity index (χ1) is 10.0. The largest absolute Gasteiger partial charge is 0.481 e. The smallest absolute Gasteiger partial charge is 0.307 e. The number of aliphatic carboxylic acids is 1. The van der Waals surface area contributed by atoms with E-state index in [0.29, 0.717) is 18.3 Å². The van der Waals surface area contributed by atoms with Crippen LogP contribution in [0.4, 0.5) is 0 Å². The molecule has 1 unspecified atom stereocenters. The molecular weight excluding hydrogens is 266 g/mol. The van der Waals surface area contributed by atoms with Gasteiger partial charge in [0.25, 0.3) is 0 Å². The minimum atomic E-state index is -0.809. The van der Waals surface area contributed by atoms with Crippen LogP contribution in [-0.2, 0) is 9.59 Å². The van der Waals surface area contributed by atoms with Gasteiger partial charge in [0.15, 0.2) is 0 Å². The van der Waals surface area contributed by atoms with Crippen LogP contribution in [-0.4, -0.2) is 23.0 Å². The molecule has 2 fully saturated rings. The van der Waals surface area contributed by atoms with Crippen LogP contribution in [0.25, 0.3) is 0 Å². The van der Waals surface area contributed by atoms with Gasteiger partial charge < -0.3 is 10.4 Å². The highest BCUT2D eigenvalue weighted by Crippen LogP contribution is 2.38. The van der Waals surface area contributed by atoms with Gasteiger partial charge in [-0.3, -0.25) is 9.59 Å². The molecule has 2 N–H and O–H groups in total. The summed E-state index contributed by atoms with van der Waals surface area (Å²) in [7, 11) is 0. The van der Waals surface area contributed by atoms with Gasteiger partial charge >= 0.3 is 5.97 Å². The summed E-state index contributed by atoms with van der Waals surface area (Å²) in [4.78, 5) is 23.9. The molecule has 4 atom stereocenters. The second-order valence-corrected chi connectivity index (χ2v) is 6.99. The monoisotopic (exact) mass is 295 g/mol. The van der Waals surface area contributed by atoms with Crippen molar-refractivity contribution in [3.63, 3.8) is 0 Å². The minimum Gasteiger partial charge on any atom is -0.481 e. The Morgan fingerprint density at radius 2 is 1.76 bits per heavy atom. The second kappa shape index (κ2) is 7.28. The molecular formula is C17H29NO3. The summed E-state index contributed by atoms with van der Waals surface area (Å²) in [6.07, 6.45) is 8.54. The van der Waals surface area contributed by atoms with Gasteiger partial charge in [0, 0.05) is 6.04 Å². The normalized spacial score (nSPS) is 31.8. The van der Waals surface area contributed by atoms with E-state index in [2.05, 4.69) is 19.2 Å². The first-order valence-corrected chi connectivity index (χ1v) is 8.56. The molecule has 0 heterocycles. The van der Waals surface area contributed by atoms with Gasteiger partial charge in [-0.05, 0) is 44.4 Å². The standard InChI is InChI=1S/C17H29NO3/c1-3-12-9-14(15(10-12)17(20)21)16(19)18-11(2)13-7-5-4-6-8-13/h11-15H,3-10H2,1-2H3,(H,18,19)(H,20,21)/t11-,12?,14-,15+/m0/s1. The number of hydrogen-bond donors (Lipinski definition) is 2. The summed E-state index contributed by atoms with van der Waals surface area (Å²) in [5, 5.41) is 12.5. The van der Waals surface area contributed by atoms with Crippen LogP contribution < -0.4 is 5.32 Å². The molecule has 2 rings (SSSR count). The maximum Gasteiger partial charge on any atom is 0.307 e. The molecule has 0 spiro atoms. The third-order valence-corrected chi connectivity index (χ3v) is 5.62. The van der Waals surface area contributed by atoms with Gasteiger partial charge in [-0.2, -0.15) is 0 Å². The molecule has 2 aliphatic rings. The zero-order chi connectivity index (χ0) is 15.4. The van der Waals surface area contributed by atoms with Gasteiger partial charge in [0.05, 0.1) is 11.8 Å². The van der Waals surface area contributed by atoms with Crippen LogP contribution in [0.15, 0.2) is 0 Å². The Balaban J connectivity index is 1.93. The number of carboxylic acids is 1. The van der Waals surface area contributed by atoms with Crippen molar-refractivity contribution in [2.45, 2.75) is 71.3 Å². The molecule has 0 aromatic rings. The van der Waals surface area contributed by atoms with Crippen molar-refractivity contribution in [3.8, 4) is 0 Å². The molecule has 21 heavy (non-hydrogen) atoms. The lowest BCUT2D eigenvalue weighted by atomic mass is 9.84. The van der Waals surface area contributed by atoms with Crippen molar-refractivity contribution in [3.05, 3.63) is 0 Å². The van der Waals surface area contributed by atoms with Crippen molar-refractivity contribution in [1.82, 2.24) is 5.32 Å². The van der Waals surface area contributed by atoms with E-state index in [9.17, 15) is 14.7 Å². The highest BCUT2D eigenvalue weighted by molar-refractivity contribution is 5.85. The Labute approximate surface area is 127 Å². The van der Waals surface area contributed by atoms with Gasteiger partial charge in [-0.1, -0.05) is 32.6 Å². The molecule has 0 saturated heterocycles. The predicted octanol–water partition coefficient (Wildman–Crippen LogP) is 3.21. The van der Waals surface area contributed by atoms with Crippen molar-refractivity contribution in [2.75, 3.05) is 0 Å². The quantitative estimate of drug-likeness (QED) is 0.818. The molecule has 2 saturated carbocycles. The fraction of sp³-hybridized carbons (Fsp3) is 0.882. The summed E-state index contributed by atoms with van der Waals surface area (Å²) < 4.78 is 0. The highest BCUT2D eigenvalue weighted by atomic mass is 16.4. The predicted molar refractivity (Wildman–Crippen MR) is 81.8 cm³/mol. The minimum absolute atomic E-state index is 0.0311. The number of carbonyl (C=O) groups excluding carboxylic acids is 1. The van der Waals surface area contributed by atoms with E-state index in [1.165, 1.54) is 32.1 Å². The number of amides is 1. The Bertz CT molecular complexity index is 376. The number of carbonyl (C=O) groups is 2. The Hall–Kier alpha value is -1.06. The Morgan fingerprint density at radius 1 is 1.14 bits per heavy atom. The average molecular weight is 295 g/mol.